The molecule has 4 amide bonds. The Hall–Kier alpha value is -6.10. The second-order valence-electron chi connectivity index (χ2n) is 14.1. The van der Waals surface area contributed by atoms with Crippen LogP contribution in [0.1, 0.15) is 87.7 Å². The molecule has 2 saturated heterocycles. The van der Waals surface area contributed by atoms with E-state index in [1.807, 2.05) is 69.3 Å². The smallest absolute Gasteiger partial charge is 0.407 e. The number of H-pyrrole nitrogens is 2. The number of hydrogen-bond donors (Lipinski definition) is 4. The fraction of sp³-hybridized carbons (Fsp3) is 0.415. The third-order valence-electron chi connectivity index (χ3n) is 10.2. The van der Waals surface area contributed by atoms with Crippen molar-refractivity contribution in [2.75, 3.05) is 27.3 Å². The molecule has 6 rings (SSSR count). The number of aromatic nitrogens is 4. The molecule has 0 spiro atoms. The van der Waals surface area contributed by atoms with Crippen molar-refractivity contribution in [2.45, 2.75) is 77.0 Å². The first kappa shape index (κ1) is 38.6. The third-order valence-corrected chi connectivity index (χ3v) is 10.2. The van der Waals surface area contributed by atoms with E-state index in [1.165, 1.54) is 14.2 Å². The van der Waals surface area contributed by atoms with Crippen LogP contribution in [0.2, 0.25) is 0 Å². The topological polar surface area (TPSA) is 175 Å². The summed E-state index contributed by atoms with van der Waals surface area (Å²) < 4.78 is 9.44. The molecule has 0 bridgehead atoms. The number of carbonyl (C=O) groups excluding carboxylic acids is 4. The van der Waals surface area contributed by atoms with Gasteiger partial charge in [0, 0.05) is 24.2 Å². The molecule has 14 heteroatoms. The van der Waals surface area contributed by atoms with Gasteiger partial charge in [0.05, 0.1) is 50.1 Å². The van der Waals surface area contributed by atoms with E-state index in [0.717, 1.165) is 59.3 Å². The van der Waals surface area contributed by atoms with Crippen molar-refractivity contribution in [1.29, 1.82) is 0 Å². The molecule has 4 atom stereocenters. The van der Waals surface area contributed by atoms with E-state index < -0.39 is 24.3 Å². The van der Waals surface area contributed by atoms with Crippen LogP contribution in [0.5, 0.6) is 0 Å². The molecule has 2 aliphatic heterocycles. The van der Waals surface area contributed by atoms with E-state index in [2.05, 4.69) is 42.4 Å². The second kappa shape index (κ2) is 17.4. The summed E-state index contributed by atoms with van der Waals surface area (Å²) in [4.78, 5) is 70.1. The molecule has 4 N–H and O–H groups in total. The Labute approximate surface area is 320 Å². The predicted molar refractivity (Wildman–Crippen MR) is 205 cm³/mol. The van der Waals surface area contributed by atoms with Crippen molar-refractivity contribution < 1.29 is 28.7 Å². The van der Waals surface area contributed by atoms with Crippen molar-refractivity contribution in [1.82, 2.24) is 40.4 Å². The van der Waals surface area contributed by atoms with Crippen LogP contribution in [0.15, 0.2) is 60.9 Å². The van der Waals surface area contributed by atoms with Crippen molar-refractivity contribution in [3.63, 3.8) is 0 Å². The molecule has 55 heavy (non-hydrogen) atoms. The normalized spacial score (nSPS) is 17.6. The Morgan fingerprint density at radius 3 is 1.64 bits per heavy atom. The molecule has 0 radical (unpaired) electrons. The lowest BCUT2D eigenvalue weighted by atomic mass is 10.0. The van der Waals surface area contributed by atoms with Crippen molar-refractivity contribution >= 4 is 24.0 Å². The van der Waals surface area contributed by atoms with E-state index in [1.54, 1.807) is 22.2 Å². The number of hydrogen-bond acceptors (Lipinski definition) is 8. The minimum atomic E-state index is -0.689. The molecule has 4 heterocycles. The average Bonchev–Trinajstić information content (AvgIpc) is 4.04. The van der Waals surface area contributed by atoms with Crippen LogP contribution in [-0.2, 0) is 19.1 Å². The number of methoxy groups -OCH3 is 2. The van der Waals surface area contributed by atoms with Gasteiger partial charge in [-0.25, -0.2) is 19.6 Å². The highest BCUT2D eigenvalue weighted by molar-refractivity contribution is 5.87. The zero-order chi connectivity index (χ0) is 39.1. The summed E-state index contributed by atoms with van der Waals surface area (Å²) >= 11 is 0. The largest absolute Gasteiger partial charge is 0.453 e. The number of amides is 4. The third kappa shape index (κ3) is 8.83. The first-order chi connectivity index (χ1) is 26.6. The van der Waals surface area contributed by atoms with Crippen LogP contribution in [0.4, 0.5) is 9.59 Å². The predicted octanol–water partition coefficient (Wildman–Crippen LogP) is 5.71. The van der Waals surface area contributed by atoms with Crippen molar-refractivity contribution in [2.24, 2.45) is 5.92 Å². The maximum atomic E-state index is 13.5. The summed E-state index contributed by atoms with van der Waals surface area (Å²) in [7, 11) is 2.57. The molecule has 2 aromatic heterocycles. The first-order valence-electron chi connectivity index (χ1n) is 18.7. The SMILES string of the molecule is CCC(NC(=O)OC)C(=O)N1CCCC1c1ncc(-c2ccc(C#Cc3ccc(-c4cnc(C5CCCN5C(=O)C(NC(=O)OC)C(C)C)[nH]4)cc3)cc2)[nH]1. The maximum Gasteiger partial charge on any atom is 0.407 e. The average molecular weight is 749 g/mol. The number of alkyl carbamates (subject to hydrolysis) is 2. The van der Waals surface area contributed by atoms with Crippen LogP contribution in [0.3, 0.4) is 0 Å². The summed E-state index contributed by atoms with van der Waals surface area (Å²) in [5.74, 6) is 7.51. The number of nitrogens with zero attached hydrogens (tertiary/aromatic N) is 4. The van der Waals surface area contributed by atoms with Crippen LogP contribution in [0, 0.1) is 17.8 Å². The number of ether oxygens (including phenoxy) is 2. The van der Waals surface area contributed by atoms with Crippen molar-refractivity contribution in [3.8, 4) is 34.4 Å². The lowest BCUT2D eigenvalue weighted by Crippen LogP contribution is -2.51. The van der Waals surface area contributed by atoms with E-state index in [0.29, 0.717) is 31.2 Å². The number of nitrogens with one attached hydrogen (secondary N) is 4. The summed E-state index contributed by atoms with van der Waals surface area (Å²) in [6.07, 6.45) is 6.02. The van der Waals surface area contributed by atoms with Gasteiger partial charge < -0.3 is 39.9 Å². The molecular weight excluding hydrogens is 701 g/mol. The lowest BCUT2D eigenvalue weighted by molar-refractivity contribution is -0.135. The fourth-order valence-electron chi connectivity index (χ4n) is 7.16. The van der Waals surface area contributed by atoms with Crippen LogP contribution < -0.4 is 10.6 Å². The van der Waals surface area contributed by atoms with Gasteiger partial charge in [0.25, 0.3) is 0 Å². The number of benzene rings is 2. The molecule has 4 aromatic rings. The van der Waals surface area contributed by atoms with Crippen LogP contribution in [-0.4, -0.2) is 93.1 Å². The highest BCUT2D eigenvalue weighted by Crippen LogP contribution is 2.34. The number of carbonyl (C=O) groups is 4. The Bertz CT molecular complexity index is 2040. The Morgan fingerprint density at radius 2 is 1.20 bits per heavy atom. The number of likely N-dealkylation sites (tertiary alicyclic amines) is 2. The molecule has 2 fully saturated rings. The minimum absolute atomic E-state index is 0.106. The van der Waals surface area contributed by atoms with Gasteiger partial charge in [0.15, 0.2) is 0 Å². The minimum Gasteiger partial charge on any atom is -0.453 e. The molecule has 0 saturated carbocycles. The first-order valence-corrected chi connectivity index (χ1v) is 18.7. The van der Waals surface area contributed by atoms with Gasteiger partial charge in [-0.05, 0) is 73.4 Å². The second-order valence-corrected chi connectivity index (χ2v) is 14.1. The van der Waals surface area contributed by atoms with Crippen molar-refractivity contribution in [3.05, 3.63) is 83.7 Å². The van der Waals surface area contributed by atoms with E-state index in [9.17, 15) is 19.2 Å². The maximum absolute atomic E-state index is 13.5. The van der Waals surface area contributed by atoms with Gasteiger partial charge in [0.2, 0.25) is 11.8 Å². The van der Waals surface area contributed by atoms with Gasteiger partial charge in [-0.15, -0.1) is 0 Å². The summed E-state index contributed by atoms with van der Waals surface area (Å²) in [6.45, 7) is 6.83. The van der Waals surface area contributed by atoms with Gasteiger partial charge in [-0.3, -0.25) is 9.59 Å². The monoisotopic (exact) mass is 748 g/mol. The lowest BCUT2D eigenvalue weighted by Gasteiger charge is -2.30. The van der Waals surface area contributed by atoms with E-state index in [-0.39, 0.29) is 29.8 Å². The molecule has 14 nitrogen and oxygen atoms in total. The molecular formula is C41H48N8O6. The molecule has 2 aliphatic rings. The van der Waals surface area contributed by atoms with Gasteiger partial charge in [-0.1, -0.05) is 56.9 Å². The van der Waals surface area contributed by atoms with Crippen LogP contribution >= 0.6 is 0 Å². The Balaban J connectivity index is 1.07. The number of imidazole rings is 2. The standard InChI is InChI=1S/C41H48N8O6/c1-6-30(46-40(52)54-4)38(50)48-21-7-9-33(48)36-42-23-31(44-36)28-17-13-26(14-18-28)11-12-27-15-19-29(20-16-27)32-24-43-37(45-32)34-10-8-22-49(34)39(51)35(25(2)3)47-41(53)55-5/h13-20,23-25,30,33-35H,6-10,21-22H2,1-5H3,(H,42,44)(H,43,45)(H,46,52)(H,47,53). The summed E-state index contributed by atoms with van der Waals surface area (Å²) in [5, 5.41) is 5.32. The van der Waals surface area contributed by atoms with Gasteiger partial charge >= 0.3 is 12.2 Å². The highest BCUT2D eigenvalue weighted by atomic mass is 16.5. The zero-order valence-corrected chi connectivity index (χ0v) is 31.8. The molecule has 0 aliphatic carbocycles. The Kier molecular flexibility index (Phi) is 12.2. The van der Waals surface area contributed by atoms with Gasteiger partial charge in [-0.2, -0.15) is 0 Å². The number of aromatic amines is 2. The summed E-state index contributed by atoms with van der Waals surface area (Å²) in [6, 6.07) is 14.1. The summed E-state index contributed by atoms with van der Waals surface area (Å²) in [5.41, 5.74) is 5.30. The number of rotatable bonds is 10. The quantitative estimate of drug-likeness (QED) is 0.149. The highest BCUT2D eigenvalue weighted by Gasteiger charge is 2.38. The zero-order valence-electron chi connectivity index (χ0n) is 31.8. The van der Waals surface area contributed by atoms with E-state index >= 15 is 0 Å². The van der Waals surface area contributed by atoms with Crippen LogP contribution in [0.25, 0.3) is 22.5 Å². The fourth-order valence-corrected chi connectivity index (χ4v) is 7.16. The Morgan fingerprint density at radius 1 is 0.745 bits per heavy atom. The molecule has 4 unspecified atom stereocenters. The van der Waals surface area contributed by atoms with E-state index in [4.69, 9.17) is 9.47 Å². The van der Waals surface area contributed by atoms with Gasteiger partial charge in [0.1, 0.15) is 23.7 Å². The molecule has 2 aromatic carbocycles. The molecule has 288 valence electrons.